The van der Waals surface area contributed by atoms with E-state index in [2.05, 4.69) is 10.3 Å². The highest BCUT2D eigenvalue weighted by Crippen LogP contribution is 2.35. The molecule has 1 aliphatic rings. The van der Waals surface area contributed by atoms with Gasteiger partial charge in [0.25, 0.3) is 5.91 Å². The Hall–Kier alpha value is -2.98. The van der Waals surface area contributed by atoms with E-state index in [1.54, 1.807) is 0 Å². The summed E-state index contributed by atoms with van der Waals surface area (Å²) in [6.45, 7) is 0.944. The fraction of sp³-hybridized carbons (Fsp3) is 0.238. The lowest BCUT2D eigenvalue weighted by Crippen LogP contribution is -2.27. The zero-order valence-corrected chi connectivity index (χ0v) is 17.0. The first kappa shape index (κ1) is 21.3. The second kappa shape index (κ2) is 7.93. The van der Waals surface area contributed by atoms with Gasteiger partial charge in [0.1, 0.15) is 0 Å². The Kier molecular flexibility index (Phi) is 5.44. The summed E-state index contributed by atoms with van der Waals surface area (Å²) in [5.74, 6) is -0.574. The van der Waals surface area contributed by atoms with Gasteiger partial charge < -0.3 is 5.32 Å². The molecule has 0 radical (unpaired) electrons. The zero-order chi connectivity index (χ0) is 22.2. The van der Waals surface area contributed by atoms with Gasteiger partial charge in [0.2, 0.25) is 10.0 Å². The molecule has 31 heavy (non-hydrogen) atoms. The average Bonchev–Trinajstić information content (AvgIpc) is 3.29. The summed E-state index contributed by atoms with van der Waals surface area (Å²) in [5, 5.41) is 2.74. The summed E-state index contributed by atoms with van der Waals surface area (Å²) in [5.41, 5.74) is -0.801. The number of hydrogen-bond donors (Lipinski definition) is 1. The summed E-state index contributed by atoms with van der Waals surface area (Å²) >= 11 is 0. The van der Waals surface area contributed by atoms with Gasteiger partial charge in [-0.15, -0.1) is 0 Å². The van der Waals surface area contributed by atoms with E-state index in [4.69, 9.17) is 0 Å². The number of amides is 1. The van der Waals surface area contributed by atoms with Crippen LogP contribution in [0.3, 0.4) is 0 Å². The predicted molar refractivity (Wildman–Crippen MR) is 109 cm³/mol. The van der Waals surface area contributed by atoms with Crippen LogP contribution in [0.25, 0.3) is 10.9 Å². The van der Waals surface area contributed by atoms with Crippen LogP contribution in [0.5, 0.6) is 0 Å². The smallest absolute Gasteiger partial charge is 0.321 e. The van der Waals surface area contributed by atoms with Crippen LogP contribution in [-0.2, 0) is 16.2 Å². The first-order valence-corrected chi connectivity index (χ1v) is 11.0. The Labute approximate surface area is 176 Å². The van der Waals surface area contributed by atoms with Crippen LogP contribution in [0, 0.1) is 0 Å². The number of hydrogen-bond acceptors (Lipinski definition) is 4. The fourth-order valence-electron chi connectivity index (χ4n) is 3.56. The number of rotatable bonds is 4. The van der Waals surface area contributed by atoms with Gasteiger partial charge in [-0.05, 0) is 49.2 Å². The van der Waals surface area contributed by atoms with E-state index in [-0.39, 0.29) is 27.0 Å². The second-order valence-corrected chi connectivity index (χ2v) is 9.09. The lowest BCUT2D eigenvalue weighted by atomic mass is 10.1. The van der Waals surface area contributed by atoms with E-state index in [0.29, 0.717) is 13.1 Å². The molecule has 1 aromatic heterocycles. The van der Waals surface area contributed by atoms with Crippen LogP contribution in [0.2, 0.25) is 0 Å². The summed E-state index contributed by atoms with van der Waals surface area (Å²) in [6, 6.07) is 10.5. The topological polar surface area (TPSA) is 79.4 Å². The molecule has 0 atom stereocenters. The number of halogens is 3. The molecule has 162 valence electrons. The van der Waals surface area contributed by atoms with Crippen molar-refractivity contribution < 1.29 is 26.4 Å². The minimum atomic E-state index is -4.58. The van der Waals surface area contributed by atoms with Crippen LogP contribution in [0.4, 0.5) is 18.9 Å². The van der Waals surface area contributed by atoms with Gasteiger partial charge in [-0.2, -0.15) is 17.5 Å². The number of para-hydroxylation sites is 1. The van der Waals surface area contributed by atoms with E-state index in [9.17, 15) is 26.4 Å². The number of alkyl halides is 3. The van der Waals surface area contributed by atoms with Crippen molar-refractivity contribution in [2.75, 3.05) is 18.4 Å². The summed E-state index contributed by atoms with van der Waals surface area (Å²) in [6.07, 6.45) is -1.75. The quantitative estimate of drug-likeness (QED) is 0.645. The maximum Gasteiger partial charge on any atom is 0.418 e. The lowest BCUT2D eigenvalue weighted by molar-refractivity contribution is -0.136. The first-order valence-electron chi connectivity index (χ1n) is 9.54. The number of carbonyl (C=O) groups excluding carboxylic acids is 1. The number of fused-ring (bicyclic) bond motifs is 1. The first-order chi connectivity index (χ1) is 14.7. The molecule has 0 bridgehead atoms. The molecule has 2 aromatic carbocycles. The number of anilines is 1. The molecule has 0 unspecified atom stereocenters. The van der Waals surface area contributed by atoms with Gasteiger partial charge in [0, 0.05) is 30.2 Å². The monoisotopic (exact) mass is 449 g/mol. The normalized spacial score (nSPS) is 15.3. The molecule has 4 rings (SSSR count). The number of aromatic nitrogens is 1. The second-order valence-electron chi connectivity index (χ2n) is 7.15. The predicted octanol–water partition coefficient (Wildman–Crippen LogP) is 4.29. The molecule has 0 spiro atoms. The molecule has 1 amide bonds. The Morgan fingerprint density at radius 3 is 2.32 bits per heavy atom. The maximum atomic E-state index is 13.2. The van der Waals surface area contributed by atoms with Crippen LogP contribution >= 0.6 is 0 Å². The van der Waals surface area contributed by atoms with Crippen molar-refractivity contribution in [1.82, 2.24) is 9.29 Å². The molecule has 0 aliphatic carbocycles. The zero-order valence-electron chi connectivity index (χ0n) is 16.2. The van der Waals surface area contributed by atoms with Gasteiger partial charge >= 0.3 is 6.18 Å². The average molecular weight is 449 g/mol. The molecule has 1 saturated heterocycles. The fourth-order valence-corrected chi connectivity index (χ4v) is 5.08. The van der Waals surface area contributed by atoms with Crippen LogP contribution in [-0.4, -0.2) is 36.7 Å². The number of pyridine rings is 1. The van der Waals surface area contributed by atoms with Crippen molar-refractivity contribution in [1.29, 1.82) is 0 Å². The molecule has 1 N–H and O–H groups in total. The number of sulfonamides is 1. The molecule has 3 aromatic rings. The van der Waals surface area contributed by atoms with Gasteiger partial charge in [0.15, 0.2) is 0 Å². The molecule has 10 heteroatoms. The lowest BCUT2D eigenvalue weighted by Gasteiger charge is -2.15. The van der Waals surface area contributed by atoms with Crippen molar-refractivity contribution in [2.45, 2.75) is 23.9 Å². The minimum absolute atomic E-state index is 0.0927. The van der Waals surface area contributed by atoms with E-state index in [1.807, 2.05) is 0 Å². The van der Waals surface area contributed by atoms with E-state index in [1.165, 1.54) is 53.0 Å². The summed E-state index contributed by atoms with van der Waals surface area (Å²) in [4.78, 5) is 16.6. The van der Waals surface area contributed by atoms with Crippen molar-refractivity contribution in [3.63, 3.8) is 0 Å². The van der Waals surface area contributed by atoms with E-state index < -0.39 is 27.7 Å². The Balaban J connectivity index is 1.60. The largest absolute Gasteiger partial charge is 0.418 e. The standard InChI is InChI=1S/C21H18F3N3O3S/c22-21(23,24)17-5-3-4-16-18(10-11-25-19(16)17)26-20(28)14-6-8-15(9-7-14)31(29,30)27-12-1-2-13-27/h3-11H,1-2,12-13H2,(H,25,26,28). The molecule has 2 heterocycles. The molecular weight excluding hydrogens is 431 g/mol. The molecular formula is C21H18F3N3O3S. The summed E-state index contributed by atoms with van der Waals surface area (Å²) in [7, 11) is -3.60. The number of benzene rings is 2. The summed E-state index contributed by atoms with van der Waals surface area (Å²) < 4.78 is 66.3. The number of carbonyl (C=O) groups is 1. The van der Waals surface area contributed by atoms with Gasteiger partial charge in [-0.3, -0.25) is 9.78 Å². The molecule has 1 fully saturated rings. The molecule has 1 aliphatic heterocycles. The van der Waals surface area contributed by atoms with Gasteiger partial charge in [-0.1, -0.05) is 12.1 Å². The number of nitrogens with one attached hydrogen (secondary N) is 1. The highest BCUT2D eigenvalue weighted by Gasteiger charge is 2.33. The van der Waals surface area contributed by atoms with E-state index in [0.717, 1.165) is 18.9 Å². The van der Waals surface area contributed by atoms with Crippen molar-refractivity contribution in [3.8, 4) is 0 Å². The van der Waals surface area contributed by atoms with Crippen LogP contribution < -0.4 is 5.32 Å². The third kappa shape index (κ3) is 4.13. The SMILES string of the molecule is O=C(Nc1ccnc2c(C(F)(F)F)cccc12)c1ccc(S(=O)(=O)N2CCCC2)cc1. The van der Waals surface area contributed by atoms with Crippen LogP contribution in [0.15, 0.2) is 59.6 Å². The third-order valence-electron chi connectivity index (χ3n) is 5.14. The highest BCUT2D eigenvalue weighted by atomic mass is 32.2. The highest BCUT2D eigenvalue weighted by molar-refractivity contribution is 7.89. The minimum Gasteiger partial charge on any atom is -0.321 e. The maximum absolute atomic E-state index is 13.2. The van der Waals surface area contributed by atoms with Crippen molar-refractivity contribution >= 4 is 32.5 Å². The Bertz CT molecular complexity index is 1240. The molecule has 0 saturated carbocycles. The third-order valence-corrected chi connectivity index (χ3v) is 7.06. The van der Waals surface area contributed by atoms with Gasteiger partial charge in [-0.25, -0.2) is 8.42 Å². The Morgan fingerprint density at radius 2 is 1.68 bits per heavy atom. The van der Waals surface area contributed by atoms with E-state index >= 15 is 0 Å². The van der Waals surface area contributed by atoms with Crippen molar-refractivity contribution in [2.24, 2.45) is 0 Å². The van der Waals surface area contributed by atoms with Gasteiger partial charge in [0.05, 0.1) is 21.7 Å². The number of nitrogens with zero attached hydrogens (tertiary/aromatic N) is 2. The van der Waals surface area contributed by atoms with Crippen LogP contribution in [0.1, 0.15) is 28.8 Å². The molecule has 6 nitrogen and oxygen atoms in total. The Morgan fingerprint density at radius 1 is 1.00 bits per heavy atom. The van der Waals surface area contributed by atoms with Crippen molar-refractivity contribution in [3.05, 3.63) is 65.9 Å².